The normalized spacial score (nSPS) is 10.6. The van der Waals surface area contributed by atoms with Crippen LogP contribution >= 0.6 is 0 Å². The van der Waals surface area contributed by atoms with Crippen molar-refractivity contribution in [3.8, 4) is 22.9 Å². The van der Waals surface area contributed by atoms with Gasteiger partial charge in [-0.1, -0.05) is 12.1 Å². The number of benzene rings is 2. The van der Waals surface area contributed by atoms with Gasteiger partial charge < -0.3 is 14.6 Å². The van der Waals surface area contributed by atoms with E-state index in [0.29, 0.717) is 6.54 Å². The maximum atomic E-state index is 14.1. The van der Waals surface area contributed by atoms with E-state index in [1.54, 1.807) is 7.11 Å². The van der Waals surface area contributed by atoms with Crippen molar-refractivity contribution >= 4 is 5.97 Å². The van der Waals surface area contributed by atoms with Gasteiger partial charge in [-0.2, -0.15) is 4.80 Å². The zero-order valence-corrected chi connectivity index (χ0v) is 14.0. The molecular weight excluding hydrogens is 343 g/mol. The van der Waals surface area contributed by atoms with Gasteiger partial charge in [0.05, 0.1) is 20.8 Å². The van der Waals surface area contributed by atoms with Crippen LogP contribution in [-0.4, -0.2) is 45.5 Å². The van der Waals surface area contributed by atoms with E-state index in [1.165, 1.54) is 18.0 Å². The lowest BCUT2D eigenvalue weighted by Crippen LogP contribution is -2.05. The third-order valence-corrected chi connectivity index (χ3v) is 3.68. The number of hydrogen-bond donors (Lipinski definition) is 1. The highest BCUT2D eigenvalue weighted by Crippen LogP contribution is 2.28. The van der Waals surface area contributed by atoms with E-state index in [0.717, 1.165) is 17.4 Å². The van der Waals surface area contributed by atoms with Crippen molar-refractivity contribution in [2.75, 3.05) is 14.2 Å². The standard InChI is InChI=1S/C17H15FN4O4/c1-25-12-5-3-10(4-6-12)9-22-20-16(19-21-22)11-7-13(18)15(17(23)24)14(8-11)26-2/h3-8H,9H2,1-2H3,(H,23,24). The average molecular weight is 358 g/mol. The molecule has 0 radical (unpaired) electrons. The Morgan fingerprint density at radius 3 is 2.54 bits per heavy atom. The summed E-state index contributed by atoms with van der Waals surface area (Å²) in [7, 11) is 2.85. The number of carboxylic acid groups (broad SMARTS) is 1. The van der Waals surface area contributed by atoms with Gasteiger partial charge in [-0.3, -0.25) is 0 Å². The molecule has 0 unspecified atom stereocenters. The topological polar surface area (TPSA) is 99.4 Å². The van der Waals surface area contributed by atoms with Crippen molar-refractivity contribution in [2.45, 2.75) is 6.54 Å². The number of rotatable bonds is 6. The van der Waals surface area contributed by atoms with Gasteiger partial charge in [0.2, 0.25) is 5.82 Å². The van der Waals surface area contributed by atoms with Crippen molar-refractivity contribution in [2.24, 2.45) is 0 Å². The van der Waals surface area contributed by atoms with E-state index in [9.17, 15) is 9.18 Å². The number of halogens is 1. The van der Waals surface area contributed by atoms with Crippen molar-refractivity contribution in [3.63, 3.8) is 0 Å². The minimum Gasteiger partial charge on any atom is -0.497 e. The number of methoxy groups -OCH3 is 2. The summed E-state index contributed by atoms with van der Waals surface area (Å²) in [5.41, 5.74) is 0.659. The van der Waals surface area contributed by atoms with Crippen LogP contribution in [0.4, 0.5) is 4.39 Å². The van der Waals surface area contributed by atoms with E-state index in [-0.39, 0.29) is 17.1 Å². The maximum absolute atomic E-state index is 14.1. The first-order valence-corrected chi connectivity index (χ1v) is 7.53. The molecule has 3 aromatic rings. The fourth-order valence-corrected chi connectivity index (χ4v) is 2.40. The van der Waals surface area contributed by atoms with Crippen LogP contribution in [0.2, 0.25) is 0 Å². The third-order valence-electron chi connectivity index (χ3n) is 3.68. The first kappa shape index (κ1) is 17.3. The predicted octanol–water partition coefficient (Wildman–Crippen LogP) is 2.24. The molecule has 0 amide bonds. The van der Waals surface area contributed by atoms with Crippen molar-refractivity contribution in [3.05, 3.63) is 53.3 Å². The molecule has 0 atom stereocenters. The zero-order chi connectivity index (χ0) is 18.7. The zero-order valence-electron chi connectivity index (χ0n) is 14.0. The number of aromatic nitrogens is 4. The highest BCUT2D eigenvalue weighted by Gasteiger charge is 2.20. The maximum Gasteiger partial charge on any atom is 0.342 e. The Balaban J connectivity index is 1.87. The summed E-state index contributed by atoms with van der Waals surface area (Å²) in [6.45, 7) is 0.365. The summed E-state index contributed by atoms with van der Waals surface area (Å²) < 4.78 is 24.2. The summed E-state index contributed by atoms with van der Waals surface area (Å²) in [5.74, 6) is -1.56. The SMILES string of the molecule is COc1ccc(Cn2nnc(-c3cc(F)c(C(=O)O)c(OC)c3)n2)cc1. The molecule has 0 saturated carbocycles. The lowest BCUT2D eigenvalue weighted by atomic mass is 10.1. The number of hydrogen-bond acceptors (Lipinski definition) is 6. The van der Waals surface area contributed by atoms with Crippen LogP contribution < -0.4 is 9.47 Å². The van der Waals surface area contributed by atoms with Crippen molar-refractivity contribution in [1.29, 1.82) is 0 Å². The van der Waals surface area contributed by atoms with Crippen LogP contribution in [0.15, 0.2) is 36.4 Å². The highest BCUT2D eigenvalue weighted by atomic mass is 19.1. The molecule has 0 fully saturated rings. The van der Waals surface area contributed by atoms with E-state index in [2.05, 4.69) is 15.4 Å². The molecule has 1 N–H and O–H groups in total. The average Bonchev–Trinajstić information content (AvgIpc) is 3.09. The smallest absolute Gasteiger partial charge is 0.342 e. The minimum absolute atomic E-state index is 0.112. The van der Waals surface area contributed by atoms with Gasteiger partial charge in [0.1, 0.15) is 22.9 Å². The summed E-state index contributed by atoms with van der Waals surface area (Å²) in [6.07, 6.45) is 0. The molecule has 0 bridgehead atoms. The van der Waals surface area contributed by atoms with Crippen molar-refractivity contribution in [1.82, 2.24) is 20.2 Å². The minimum atomic E-state index is -1.41. The molecule has 0 spiro atoms. The molecule has 26 heavy (non-hydrogen) atoms. The summed E-state index contributed by atoms with van der Waals surface area (Å²) in [6, 6.07) is 9.77. The van der Waals surface area contributed by atoms with Crippen LogP contribution in [0.25, 0.3) is 11.4 Å². The Hall–Kier alpha value is -3.49. The second-order valence-electron chi connectivity index (χ2n) is 5.33. The number of carboxylic acids is 1. The van der Waals surface area contributed by atoms with E-state index >= 15 is 0 Å². The lowest BCUT2D eigenvalue weighted by molar-refractivity contribution is 0.0688. The first-order valence-electron chi connectivity index (χ1n) is 7.53. The van der Waals surface area contributed by atoms with Gasteiger partial charge in [-0.25, -0.2) is 9.18 Å². The van der Waals surface area contributed by atoms with Crippen LogP contribution in [0.3, 0.4) is 0 Å². The second-order valence-corrected chi connectivity index (χ2v) is 5.33. The molecule has 0 saturated heterocycles. The lowest BCUT2D eigenvalue weighted by Gasteiger charge is -2.07. The fraction of sp³-hybridized carbons (Fsp3) is 0.176. The van der Waals surface area contributed by atoms with Gasteiger partial charge in [-0.05, 0) is 35.0 Å². The van der Waals surface area contributed by atoms with Gasteiger partial charge in [0, 0.05) is 5.56 Å². The molecule has 134 valence electrons. The number of ether oxygens (including phenoxy) is 2. The number of carbonyl (C=O) groups is 1. The molecule has 2 aromatic carbocycles. The number of aromatic carboxylic acids is 1. The van der Waals surface area contributed by atoms with Gasteiger partial charge >= 0.3 is 5.97 Å². The molecule has 0 aliphatic heterocycles. The fourth-order valence-electron chi connectivity index (χ4n) is 2.40. The summed E-state index contributed by atoms with van der Waals surface area (Å²) >= 11 is 0. The Bertz CT molecular complexity index is 940. The monoisotopic (exact) mass is 358 g/mol. The van der Waals surface area contributed by atoms with Crippen molar-refractivity contribution < 1.29 is 23.8 Å². The Morgan fingerprint density at radius 1 is 1.19 bits per heavy atom. The number of tetrazole rings is 1. The third kappa shape index (κ3) is 3.46. The Morgan fingerprint density at radius 2 is 1.92 bits per heavy atom. The number of nitrogens with zero attached hydrogens (tertiary/aromatic N) is 4. The molecule has 0 aliphatic carbocycles. The van der Waals surface area contributed by atoms with Gasteiger partial charge in [0.25, 0.3) is 0 Å². The van der Waals surface area contributed by atoms with Gasteiger partial charge in [-0.15, -0.1) is 10.2 Å². The van der Waals surface area contributed by atoms with Crippen LogP contribution in [0.1, 0.15) is 15.9 Å². The first-order chi connectivity index (χ1) is 12.5. The van der Waals surface area contributed by atoms with E-state index < -0.39 is 17.3 Å². The highest BCUT2D eigenvalue weighted by molar-refractivity contribution is 5.92. The molecule has 3 rings (SSSR count). The van der Waals surface area contributed by atoms with Crippen LogP contribution in [-0.2, 0) is 6.54 Å². The Labute approximate surface area is 147 Å². The summed E-state index contributed by atoms with van der Waals surface area (Å²) in [5, 5.41) is 21.1. The second kappa shape index (κ2) is 7.18. The van der Waals surface area contributed by atoms with Crippen LogP contribution in [0, 0.1) is 5.82 Å². The quantitative estimate of drug-likeness (QED) is 0.721. The summed E-state index contributed by atoms with van der Waals surface area (Å²) in [4.78, 5) is 12.5. The molecule has 1 aromatic heterocycles. The molecular formula is C17H15FN4O4. The predicted molar refractivity (Wildman–Crippen MR) is 88.8 cm³/mol. The molecule has 0 aliphatic rings. The molecule has 1 heterocycles. The Kier molecular flexibility index (Phi) is 4.78. The van der Waals surface area contributed by atoms with Crippen LogP contribution in [0.5, 0.6) is 11.5 Å². The van der Waals surface area contributed by atoms with E-state index in [1.807, 2.05) is 24.3 Å². The van der Waals surface area contributed by atoms with E-state index in [4.69, 9.17) is 14.6 Å². The molecule has 9 heteroatoms. The van der Waals surface area contributed by atoms with Gasteiger partial charge in [0.15, 0.2) is 0 Å². The largest absolute Gasteiger partial charge is 0.497 e. The molecule has 8 nitrogen and oxygen atoms in total.